The summed E-state index contributed by atoms with van der Waals surface area (Å²) in [4.78, 5) is 26.8. The Kier molecular flexibility index (Phi) is 6.97. The van der Waals surface area contributed by atoms with Crippen molar-refractivity contribution >= 4 is 45.0 Å². The first-order valence-electron chi connectivity index (χ1n) is 9.26. The molecule has 1 N–H and O–H groups in total. The predicted octanol–water partition coefficient (Wildman–Crippen LogP) is 5.13. The zero-order valence-corrected chi connectivity index (χ0v) is 17.9. The lowest BCUT2D eigenvalue weighted by Gasteiger charge is -2.26. The van der Waals surface area contributed by atoms with E-state index in [1.807, 2.05) is 4.90 Å². The van der Waals surface area contributed by atoms with E-state index in [-0.39, 0.29) is 11.8 Å². The zero-order valence-electron chi connectivity index (χ0n) is 15.6. The summed E-state index contributed by atoms with van der Waals surface area (Å²) in [6.07, 6.45) is 2.59. The molecule has 0 bridgehead atoms. The standard InChI is InChI=1S/C21H22BrClN2O3/c1-14(28-19-10-7-16(23)13-18(19)22)20(26)24-17-8-5-15(6-9-17)21(27)25-11-3-2-4-12-25/h5-10,13-14H,2-4,11-12H2,1H3,(H,24,26). The molecule has 2 aromatic rings. The third-order valence-electron chi connectivity index (χ3n) is 4.61. The van der Waals surface area contributed by atoms with E-state index < -0.39 is 6.10 Å². The maximum Gasteiger partial charge on any atom is 0.265 e. The van der Waals surface area contributed by atoms with Gasteiger partial charge in [-0.05, 0) is 84.6 Å². The highest BCUT2D eigenvalue weighted by atomic mass is 79.9. The van der Waals surface area contributed by atoms with Gasteiger partial charge in [0.15, 0.2) is 6.10 Å². The minimum atomic E-state index is -0.702. The number of hydrogen-bond acceptors (Lipinski definition) is 3. The van der Waals surface area contributed by atoms with E-state index in [0.717, 1.165) is 25.9 Å². The van der Waals surface area contributed by atoms with Gasteiger partial charge in [0.05, 0.1) is 4.47 Å². The molecule has 148 valence electrons. The summed E-state index contributed by atoms with van der Waals surface area (Å²) in [5, 5.41) is 3.39. The van der Waals surface area contributed by atoms with Gasteiger partial charge in [0.2, 0.25) is 0 Å². The number of carbonyl (C=O) groups excluding carboxylic acids is 2. The van der Waals surface area contributed by atoms with Crippen molar-refractivity contribution in [2.45, 2.75) is 32.3 Å². The lowest BCUT2D eigenvalue weighted by molar-refractivity contribution is -0.122. The Hall–Kier alpha value is -2.05. The smallest absolute Gasteiger partial charge is 0.265 e. The SMILES string of the molecule is CC(Oc1ccc(Cl)cc1Br)C(=O)Nc1ccc(C(=O)N2CCCCC2)cc1. The first kappa shape index (κ1) is 20.7. The first-order valence-corrected chi connectivity index (χ1v) is 10.4. The van der Waals surface area contributed by atoms with Crippen LogP contribution in [0.25, 0.3) is 0 Å². The first-order chi connectivity index (χ1) is 13.4. The Bertz CT molecular complexity index is 851. The molecule has 0 aliphatic carbocycles. The number of anilines is 1. The summed E-state index contributed by atoms with van der Waals surface area (Å²) in [6.45, 7) is 3.30. The Morgan fingerprint density at radius 1 is 1.11 bits per heavy atom. The average molecular weight is 466 g/mol. The van der Waals surface area contributed by atoms with Gasteiger partial charge in [-0.25, -0.2) is 0 Å². The van der Waals surface area contributed by atoms with E-state index in [0.29, 0.717) is 26.5 Å². The Balaban J connectivity index is 1.58. The quantitative estimate of drug-likeness (QED) is 0.665. The van der Waals surface area contributed by atoms with Gasteiger partial charge in [-0.2, -0.15) is 0 Å². The van der Waals surface area contributed by atoms with Crippen LogP contribution in [0.4, 0.5) is 5.69 Å². The molecule has 1 saturated heterocycles. The minimum Gasteiger partial charge on any atom is -0.480 e. The number of likely N-dealkylation sites (tertiary alicyclic amines) is 1. The number of rotatable bonds is 5. The van der Waals surface area contributed by atoms with E-state index >= 15 is 0 Å². The van der Waals surface area contributed by atoms with Crippen LogP contribution in [0.5, 0.6) is 5.75 Å². The van der Waals surface area contributed by atoms with Crippen LogP contribution in [0.15, 0.2) is 46.9 Å². The summed E-state index contributed by atoms with van der Waals surface area (Å²) in [7, 11) is 0. The third-order valence-corrected chi connectivity index (χ3v) is 5.46. The van der Waals surface area contributed by atoms with Crippen molar-refractivity contribution in [3.8, 4) is 5.75 Å². The van der Waals surface area contributed by atoms with Crippen molar-refractivity contribution in [2.75, 3.05) is 18.4 Å². The van der Waals surface area contributed by atoms with Crippen molar-refractivity contribution in [3.63, 3.8) is 0 Å². The van der Waals surface area contributed by atoms with Crippen LogP contribution < -0.4 is 10.1 Å². The molecule has 0 saturated carbocycles. The summed E-state index contributed by atoms with van der Waals surface area (Å²) in [5.41, 5.74) is 1.25. The fourth-order valence-corrected chi connectivity index (χ4v) is 3.81. The van der Waals surface area contributed by atoms with Gasteiger partial charge >= 0.3 is 0 Å². The molecule has 0 aromatic heterocycles. The number of nitrogens with one attached hydrogen (secondary N) is 1. The second kappa shape index (κ2) is 9.43. The molecule has 7 heteroatoms. The Morgan fingerprint density at radius 2 is 1.79 bits per heavy atom. The lowest BCUT2D eigenvalue weighted by Crippen LogP contribution is -2.35. The largest absolute Gasteiger partial charge is 0.480 e. The van der Waals surface area contributed by atoms with E-state index in [4.69, 9.17) is 16.3 Å². The second-order valence-electron chi connectivity index (χ2n) is 6.75. The molecule has 1 unspecified atom stereocenters. The average Bonchev–Trinajstić information content (AvgIpc) is 2.70. The van der Waals surface area contributed by atoms with Gasteiger partial charge in [-0.15, -0.1) is 0 Å². The molecule has 1 aliphatic heterocycles. The fraction of sp³-hybridized carbons (Fsp3) is 0.333. The maximum atomic E-state index is 12.5. The van der Waals surface area contributed by atoms with Crippen LogP contribution in [0, 0.1) is 0 Å². The van der Waals surface area contributed by atoms with Crippen molar-refractivity contribution in [2.24, 2.45) is 0 Å². The van der Waals surface area contributed by atoms with Crippen molar-refractivity contribution in [3.05, 3.63) is 57.5 Å². The van der Waals surface area contributed by atoms with Crippen LogP contribution >= 0.6 is 27.5 Å². The number of ether oxygens (including phenoxy) is 1. The molecular formula is C21H22BrClN2O3. The minimum absolute atomic E-state index is 0.0434. The third kappa shape index (κ3) is 5.26. The summed E-state index contributed by atoms with van der Waals surface area (Å²) in [6, 6.07) is 12.1. The number of halogens is 2. The molecule has 5 nitrogen and oxygen atoms in total. The lowest BCUT2D eigenvalue weighted by atomic mass is 10.1. The summed E-state index contributed by atoms with van der Waals surface area (Å²) in [5.74, 6) is 0.299. The Labute approximate surface area is 178 Å². The van der Waals surface area contributed by atoms with E-state index in [1.54, 1.807) is 49.4 Å². The molecule has 1 atom stereocenters. The van der Waals surface area contributed by atoms with Crippen LogP contribution in [0.3, 0.4) is 0 Å². The van der Waals surface area contributed by atoms with E-state index in [1.165, 1.54) is 6.42 Å². The monoisotopic (exact) mass is 464 g/mol. The topological polar surface area (TPSA) is 58.6 Å². The molecule has 1 heterocycles. The number of piperidine rings is 1. The van der Waals surface area contributed by atoms with Gasteiger partial charge in [0, 0.05) is 29.4 Å². The van der Waals surface area contributed by atoms with Crippen molar-refractivity contribution in [1.82, 2.24) is 4.90 Å². The molecule has 3 rings (SSSR count). The Morgan fingerprint density at radius 3 is 2.43 bits per heavy atom. The molecule has 1 fully saturated rings. The second-order valence-corrected chi connectivity index (χ2v) is 8.05. The molecule has 0 spiro atoms. The number of benzene rings is 2. The highest BCUT2D eigenvalue weighted by Crippen LogP contribution is 2.29. The predicted molar refractivity (Wildman–Crippen MR) is 114 cm³/mol. The number of amides is 2. The fourth-order valence-electron chi connectivity index (χ4n) is 3.03. The van der Waals surface area contributed by atoms with Gasteiger partial charge in [-0.1, -0.05) is 11.6 Å². The van der Waals surface area contributed by atoms with Gasteiger partial charge in [0.1, 0.15) is 5.75 Å². The molecule has 0 radical (unpaired) electrons. The molecular weight excluding hydrogens is 444 g/mol. The normalized spacial score (nSPS) is 15.0. The van der Waals surface area contributed by atoms with E-state index in [9.17, 15) is 9.59 Å². The van der Waals surface area contributed by atoms with Crippen LogP contribution in [-0.2, 0) is 4.79 Å². The number of carbonyl (C=O) groups is 2. The van der Waals surface area contributed by atoms with Gasteiger partial charge in [-0.3, -0.25) is 9.59 Å². The van der Waals surface area contributed by atoms with Crippen LogP contribution in [0.1, 0.15) is 36.5 Å². The van der Waals surface area contributed by atoms with Gasteiger partial charge < -0.3 is 15.0 Å². The van der Waals surface area contributed by atoms with Crippen LogP contribution in [-0.4, -0.2) is 35.9 Å². The highest BCUT2D eigenvalue weighted by molar-refractivity contribution is 9.10. The highest BCUT2D eigenvalue weighted by Gasteiger charge is 2.19. The van der Waals surface area contributed by atoms with E-state index in [2.05, 4.69) is 21.2 Å². The molecule has 28 heavy (non-hydrogen) atoms. The number of nitrogens with zero attached hydrogens (tertiary/aromatic N) is 1. The zero-order chi connectivity index (χ0) is 20.1. The van der Waals surface area contributed by atoms with Crippen molar-refractivity contribution in [1.29, 1.82) is 0 Å². The molecule has 2 aromatic carbocycles. The molecule has 2 amide bonds. The van der Waals surface area contributed by atoms with Crippen molar-refractivity contribution < 1.29 is 14.3 Å². The summed E-state index contributed by atoms with van der Waals surface area (Å²) >= 11 is 9.28. The van der Waals surface area contributed by atoms with Crippen LogP contribution in [0.2, 0.25) is 5.02 Å². The maximum absolute atomic E-state index is 12.5. The number of hydrogen-bond donors (Lipinski definition) is 1. The summed E-state index contributed by atoms with van der Waals surface area (Å²) < 4.78 is 6.38. The van der Waals surface area contributed by atoms with Gasteiger partial charge in [0.25, 0.3) is 11.8 Å². The molecule has 1 aliphatic rings.